The number of carbonyl (C=O) groups excluding carboxylic acids is 1. The lowest BCUT2D eigenvalue weighted by Gasteiger charge is -2.15. The molecule has 0 bridgehead atoms. The Morgan fingerprint density at radius 1 is 1.23 bits per heavy atom. The van der Waals surface area contributed by atoms with Gasteiger partial charge in [-0.1, -0.05) is 17.7 Å². The van der Waals surface area contributed by atoms with E-state index in [1.54, 1.807) is 12.1 Å². The number of aliphatic imine (C=N–C) groups is 1. The molecule has 0 fully saturated rings. The van der Waals surface area contributed by atoms with Crippen molar-refractivity contribution in [1.29, 1.82) is 0 Å². The summed E-state index contributed by atoms with van der Waals surface area (Å²) in [6, 6.07) is 5.27. The third kappa shape index (κ3) is 5.70. The lowest BCUT2D eigenvalue weighted by molar-refractivity contribution is -0.119. The molecule has 1 amide bonds. The predicted molar refractivity (Wildman–Crippen MR) is 84.4 cm³/mol. The van der Waals surface area contributed by atoms with Crippen LogP contribution in [0.3, 0.4) is 0 Å². The van der Waals surface area contributed by atoms with E-state index in [-0.39, 0.29) is 17.3 Å². The van der Waals surface area contributed by atoms with E-state index in [1.165, 1.54) is 12.1 Å². The van der Waals surface area contributed by atoms with Gasteiger partial charge in [0, 0.05) is 6.54 Å². The second-order valence-corrected chi connectivity index (χ2v) is 6.55. The highest BCUT2D eigenvalue weighted by Gasteiger charge is 2.23. The number of aryl methyl sites for hydroxylation is 1. The maximum atomic E-state index is 12.2. The average Bonchev–Trinajstić information content (AvgIpc) is 2.42. The van der Waals surface area contributed by atoms with Crippen molar-refractivity contribution in [2.75, 3.05) is 6.54 Å². The number of sulfonamides is 1. The SMILES string of the molecule is Cc1ccc(S(=O)(=O)NC(CCCN=C(N)N)C(N)=O)cc1. The molecule has 1 atom stereocenters. The summed E-state index contributed by atoms with van der Waals surface area (Å²) in [5, 5.41) is 0. The maximum Gasteiger partial charge on any atom is 0.241 e. The van der Waals surface area contributed by atoms with Gasteiger partial charge >= 0.3 is 0 Å². The molecule has 0 heterocycles. The fraction of sp³-hybridized carbons (Fsp3) is 0.385. The summed E-state index contributed by atoms with van der Waals surface area (Å²) < 4.78 is 26.7. The Bertz CT molecular complexity index is 636. The summed E-state index contributed by atoms with van der Waals surface area (Å²) in [6.07, 6.45) is 0.624. The van der Waals surface area contributed by atoms with Crippen molar-refractivity contribution in [3.63, 3.8) is 0 Å². The number of nitrogens with one attached hydrogen (secondary N) is 1. The average molecular weight is 327 g/mol. The molecule has 8 nitrogen and oxygen atoms in total. The predicted octanol–water partition coefficient (Wildman–Crippen LogP) is -0.819. The maximum absolute atomic E-state index is 12.2. The molecule has 1 unspecified atom stereocenters. The summed E-state index contributed by atoms with van der Waals surface area (Å²) in [5.41, 5.74) is 16.5. The Labute approximate surface area is 129 Å². The number of hydrogen-bond acceptors (Lipinski definition) is 4. The molecule has 1 aromatic carbocycles. The first-order valence-corrected chi connectivity index (χ1v) is 8.14. The number of rotatable bonds is 8. The zero-order chi connectivity index (χ0) is 16.8. The van der Waals surface area contributed by atoms with Crippen molar-refractivity contribution >= 4 is 21.9 Å². The van der Waals surface area contributed by atoms with Crippen molar-refractivity contribution in [1.82, 2.24) is 4.72 Å². The molecule has 0 spiro atoms. The van der Waals surface area contributed by atoms with Crippen LogP contribution in [0.25, 0.3) is 0 Å². The molecule has 0 aliphatic heterocycles. The highest BCUT2D eigenvalue weighted by molar-refractivity contribution is 7.89. The van der Waals surface area contributed by atoms with Gasteiger partial charge in [-0.25, -0.2) is 8.42 Å². The molecule has 0 saturated heterocycles. The lowest BCUT2D eigenvalue weighted by Crippen LogP contribution is -2.44. The molecule has 9 heteroatoms. The second-order valence-electron chi connectivity index (χ2n) is 4.84. The Kier molecular flexibility index (Phi) is 6.32. The van der Waals surface area contributed by atoms with Crippen LogP contribution in [0.15, 0.2) is 34.2 Å². The van der Waals surface area contributed by atoms with Crippen LogP contribution < -0.4 is 21.9 Å². The van der Waals surface area contributed by atoms with E-state index in [2.05, 4.69) is 9.71 Å². The highest BCUT2D eigenvalue weighted by Crippen LogP contribution is 2.11. The van der Waals surface area contributed by atoms with Crippen LogP contribution in [0, 0.1) is 6.92 Å². The zero-order valence-electron chi connectivity index (χ0n) is 12.3. The number of primary amides is 1. The van der Waals surface area contributed by atoms with Gasteiger partial charge in [0.1, 0.15) is 6.04 Å². The van der Waals surface area contributed by atoms with Gasteiger partial charge in [0.25, 0.3) is 0 Å². The number of carbonyl (C=O) groups is 1. The van der Waals surface area contributed by atoms with Crippen LogP contribution in [-0.4, -0.2) is 32.9 Å². The summed E-state index contributed by atoms with van der Waals surface area (Å²) in [4.78, 5) is 15.2. The van der Waals surface area contributed by atoms with Crippen molar-refractivity contribution in [3.05, 3.63) is 29.8 Å². The van der Waals surface area contributed by atoms with Crippen LogP contribution in [0.4, 0.5) is 0 Å². The molecule has 0 aromatic heterocycles. The van der Waals surface area contributed by atoms with Gasteiger partial charge in [-0.05, 0) is 31.9 Å². The van der Waals surface area contributed by atoms with E-state index in [1.807, 2.05) is 6.92 Å². The third-order valence-electron chi connectivity index (χ3n) is 2.92. The van der Waals surface area contributed by atoms with Crippen molar-refractivity contribution in [2.45, 2.75) is 30.7 Å². The quantitative estimate of drug-likeness (QED) is 0.279. The smallest absolute Gasteiger partial charge is 0.241 e. The summed E-state index contributed by atoms with van der Waals surface area (Å²) >= 11 is 0. The van der Waals surface area contributed by atoms with E-state index >= 15 is 0 Å². The molecular weight excluding hydrogens is 306 g/mol. The normalized spacial score (nSPS) is 12.6. The van der Waals surface area contributed by atoms with Crippen LogP contribution in [0.2, 0.25) is 0 Å². The van der Waals surface area contributed by atoms with Gasteiger partial charge in [0.15, 0.2) is 5.96 Å². The minimum Gasteiger partial charge on any atom is -0.370 e. The molecule has 0 aliphatic rings. The summed E-state index contributed by atoms with van der Waals surface area (Å²) in [5.74, 6) is -0.809. The van der Waals surface area contributed by atoms with Crippen LogP contribution in [0.5, 0.6) is 0 Å². The van der Waals surface area contributed by atoms with Gasteiger partial charge < -0.3 is 17.2 Å². The molecule has 0 saturated carbocycles. The molecule has 1 aromatic rings. The molecule has 0 aliphatic carbocycles. The van der Waals surface area contributed by atoms with Gasteiger partial charge in [-0.15, -0.1) is 0 Å². The summed E-state index contributed by atoms with van der Waals surface area (Å²) in [7, 11) is -3.81. The number of hydrogen-bond donors (Lipinski definition) is 4. The number of benzene rings is 1. The lowest BCUT2D eigenvalue weighted by atomic mass is 10.1. The Morgan fingerprint density at radius 2 is 1.82 bits per heavy atom. The molecule has 7 N–H and O–H groups in total. The third-order valence-corrected chi connectivity index (χ3v) is 4.41. The highest BCUT2D eigenvalue weighted by atomic mass is 32.2. The van der Waals surface area contributed by atoms with Crippen LogP contribution in [0.1, 0.15) is 18.4 Å². The van der Waals surface area contributed by atoms with Gasteiger partial charge in [0.05, 0.1) is 4.90 Å². The topological polar surface area (TPSA) is 154 Å². The van der Waals surface area contributed by atoms with E-state index in [0.717, 1.165) is 5.56 Å². The minimum atomic E-state index is -3.81. The fourth-order valence-corrected chi connectivity index (χ4v) is 2.97. The molecule has 0 radical (unpaired) electrons. The Morgan fingerprint density at radius 3 is 2.32 bits per heavy atom. The number of nitrogens with two attached hydrogens (primary N) is 3. The van der Waals surface area contributed by atoms with E-state index < -0.39 is 22.0 Å². The largest absolute Gasteiger partial charge is 0.370 e. The van der Waals surface area contributed by atoms with Crippen molar-refractivity contribution in [3.8, 4) is 0 Å². The van der Waals surface area contributed by atoms with Crippen LogP contribution >= 0.6 is 0 Å². The van der Waals surface area contributed by atoms with E-state index in [4.69, 9.17) is 17.2 Å². The van der Waals surface area contributed by atoms with Gasteiger partial charge in [-0.2, -0.15) is 4.72 Å². The Balaban J connectivity index is 2.75. The van der Waals surface area contributed by atoms with E-state index in [9.17, 15) is 13.2 Å². The van der Waals surface area contributed by atoms with Crippen molar-refractivity contribution in [2.24, 2.45) is 22.2 Å². The second kappa shape index (κ2) is 7.76. The monoisotopic (exact) mass is 327 g/mol. The molecular formula is C13H21N5O3S. The fourth-order valence-electron chi connectivity index (χ4n) is 1.74. The number of amides is 1. The first-order valence-electron chi connectivity index (χ1n) is 6.66. The van der Waals surface area contributed by atoms with Gasteiger partial charge in [-0.3, -0.25) is 9.79 Å². The summed E-state index contributed by atoms with van der Waals surface area (Å²) in [6.45, 7) is 2.14. The van der Waals surface area contributed by atoms with E-state index in [0.29, 0.717) is 13.0 Å². The number of nitrogens with zero attached hydrogens (tertiary/aromatic N) is 1. The molecule has 1 rings (SSSR count). The van der Waals surface area contributed by atoms with Crippen molar-refractivity contribution < 1.29 is 13.2 Å². The molecule has 122 valence electrons. The minimum absolute atomic E-state index is 0.0594. The first kappa shape index (κ1) is 17.9. The standard InChI is InChI=1S/C13H21N5O3S/c1-9-4-6-10(7-5-9)22(20,21)18-11(12(14)19)3-2-8-17-13(15)16/h4-7,11,18H,2-3,8H2,1H3,(H2,14,19)(H4,15,16,17). The first-order chi connectivity index (χ1) is 10.2. The zero-order valence-corrected chi connectivity index (χ0v) is 13.1. The van der Waals surface area contributed by atoms with Crippen LogP contribution in [-0.2, 0) is 14.8 Å². The van der Waals surface area contributed by atoms with Gasteiger partial charge in [0.2, 0.25) is 15.9 Å². The molecule has 22 heavy (non-hydrogen) atoms. The Hall–Kier alpha value is -2.13. The number of guanidine groups is 1.